The monoisotopic (exact) mass is 224 g/mol. The standard InChI is InChI=1S/C12H10Cl2/c13-8-12(14)11-6-5-9-3-1-2-4-10(9)7-11/h1-7,12H,8H2/t12-/m0/s1. The van der Waals surface area contributed by atoms with Crippen LogP contribution in [-0.2, 0) is 0 Å². The van der Waals surface area contributed by atoms with Gasteiger partial charge in [-0.1, -0.05) is 36.4 Å². The van der Waals surface area contributed by atoms with Gasteiger partial charge in [0.05, 0.1) is 5.38 Å². The predicted octanol–water partition coefficient (Wildman–Crippen LogP) is 4.36. The maximum absolute atomic E-state index is 6.06. The second kappa shape index (κ2) is 4.20. The van der Waals surface area contributed by atoms with Gasteiger partial charge in [-0.25, -0.2) is 0 Å². The molecule has 0 radical (unpaired) electrons. The summed E-state index contributed by atoms with van der Waals surface area (Å²) in [5.41, 5.74) is 1.08. The molecule has 0 bridgehead atoms. The summed E-state index contributed by atoms with van der Waals surface area (Å²) >= 11 is 11.8. The van der Waals surface area contributed by atoms with Crippen LogP contribution in [0.1, 0.15) is 10.9 Å². The summed E-state index contributed by atoms with van der Waals surface area (Å²) in [6, 6.07) is 14.4. The van der Waals surface area contributed by atoms with Crippen LogP contribution in [0.15, 0.2) is 42.5 Å². The highest BCUT2D eigenvalue weighted by Gasteiger charge is 2.05. The zero-order valence-corrected chi connectivity index (χ0v) is 9.09. The molecule has 14 heavy (non-hydrogen) atoms. The minimum absolute atomic E-state index is 0.0960. The van der Waals surface area contributed by atoms with Gasteiger partial charge in [0.15, 0.2) is 0 Å². The number of alkyl halides is 2. The Morgan fingerprint density at radius 2 is 1.71 bits per heavy atom. The Balaban J connectivity index is 2.51. The van der Waals surface area contributed by atoms with Crippen molar-refractivity contribution in [1.82, 2.24) is 0 Å². The van der Waals surface area contributed by atoms with Gasteiger partial charge >= 0.3 is 0 Å². The van der Waals surface area contributed by atoms with Crippen molar-refractivity contribution < 1.29 is 0 Å². The summed E-state index contributed by atoms with van der Waals surface area (Å²) < 4.78 is 0. The van der Waals surface area contributed by atoms with Gasteiger partial charge in [0.1, 0.15) is 0 Å². The van der Waals surface area contributed by atoms with Crippen molar-refractivity contribution in [3.05, 3.63) is 48.0 Å². The molecule has 0 spiro atoms. The summed E-state index contributed by atoms with van der Waals surface area (Å²) in [5.74, 6) is 0.444. The molecular formula is C12H10Cl2. The summed E-state index contributed by atoms with van der Waals surface area (Å²) in [7, 11) is 0. The predicted molar refractivity (Wildman–Crippen MR) is 63.3 cm³/mol. The summed E-state index contributed by atoms with van der Waals surface area (Å²) in [4.78, 5) is 0. The average Bonchev–Trinajstić information content (AvgIpc) is 2.27. The first-order chi connectivity index (χ1) is 6.81. The third-order valence-electron chi connectivity index (χ3n) is 2.27. The van der Waals surface area contributed by atoms with E-state index in [0.29, 0.717) is 5.88 Å². The SMILES string of the molecule is ClC[C@H](Cl)c1ccc2ccccc2c1. The van der Waals surface area contributed by atoms with Crippen molar-refractivity contribution in [2.75, 3.05) is 5.88 Å². The van der Waals surface area contributed by atoms with Crippen molar-refractivity contribution in [2.24, 2.45) is 0 Å². The van der Waals surface area contributed by atoms with Crippen molar-refractivity contribution in [3.63, 3.8) is 0 Å². The van der Waals surface area contributed by atoms with Crippen LogP contribution < -0.4 is 0 Å². The van der Waals surface area contributed by atoms with Gasteiger partial charge in [-0.2, -0.15) is 0 Å². The van der Waals surface area contributed by atoms with Crippen LogP contribution >= 0.6 is 23.2 Å². The molecule has 0 aromatic heterocycles. The van der Waals surface area contributed by atoms with Gasteiger partial charge in [0, 0.05) is 5.88 Å². The van der Waals surface area contributed by atoms with E-state index in [1.54, 1.807) is 0 Å². The molecule has 0 unspecified atom stereocenters. The average molecular weight is 225 g/mol. The van der Waals surface area contributed by atoms with Crippen LogP contribution in [0.25, 0.3) is 10.8 Å². The molecule has 2 rings (SSSR count). The first kappa shape index (κ1) is 9.82. The fraction of sp³-hybridized carbons (Fsp3) is 0.167. The quantitative estimate of drug-likeness (QED) is 0.666. The van der Waals surface area contributed by atoms with E-state index in [1.807, 2.05) is 18.2 Å². The van der Waals surface area contributed by atoms with Crippen molar-refractivity contribution in [3.8, 4) is 0 Å². The van der Waals surface area contributed by atoms with Gasteiger partial charge in [-0.05, 0) is 22.4 Å². The fourth-order valence-electron chi connectivity index (χ4n) is 1.49. The fourth-order valence-corrected chi connectivity index (χ4v) is 1.81. The van der Waals surface area contributed by atoms with Gasteiger partial charge in [0.25, 0.3) is 0 Å². The highest BCUT2D eigenvalue weighted by atomic mass is 35.5. The molecule has 72 valence electrons. The molecule has 0 nitrogen and oxygen atoms in total. The Hall–Kier alpha value is -0.720. The minimum Gasteiger partial charge on any atom is -0.125 e. The third-order valence-corrected chi connectivity index (χ3v) is 3.14. The van der Waals surface area contributed by atoms with E-state index >= 15 is 0 Å². The zero-order chi connectivity index (χ0) is 9.97. The lowest BCUT2D eigenvalue weighted by atomic mass is 10.1. The largest absolute Gasteiger partial charge is 0.125 e. The van der Waals surface area contributed by atoms with E-state index in [4.69, 9.17) is 23.2 Å². The van der Waals surface area contributed by atoms with Crippen LogP contribution in [0.2, 0.25) is 0 Å². The number of hydrogen-bond acceptors (Lipinski definition) is 0. The normalized spacial score (nSPS) is 13.0. The van der Waals surface area contributed by atoms with E-state index in [2.05, 4.69) is 24.3 Å². The van der Waals surface area contributed by atoms with Crippen LogP contribution in [0.5, 0.6) is 0 Å². The Kier molecular flexibility index (Phi) is 2.95. The maximum Gasteiger partial charge on any atom is 0.0720 e. The summed E-state index contributed by atoms with van der Waals surface area (Å²) in [6.07, 6.45) is 0. The second-order valence-corrected chi connectivity index (χ2v) is 4.06. The third kappa shape index (κ3) is 1.87. The number of halogens is 2. The zero-order valence-electron chi connectivity index (χ0n) is 7.58. The molecule has 0 amide bonds. The molecule has 0 aliphatic carbocycles. The van der Waals surface area contributed by atoms with E-state index in [1.165, 1.54) is 10.8 Å². The highest BCUT2D eigenvalue weighted by Crippen LogP contribution is 2.25. The molecule has 0 heterocycles. The smallest absolute Gasteiger partial charge is 0.0720 e. The van der Waals surface area contributed by atoms with E-state index in [9.17, 15) is 0 Å². The van der Waals surface area contributed by atoms with Crippen LogP contribution in [0, 0.1) is 0 Å². The lowest BCUT2D eigenvalue weighted by Crippen LogP contribution is -1.90. The Morgan fingerprint density at radius 3 is 2.43 bits per heavy atom. The van der Waals surface area contributed by atoms with Crippen molar-refractivity contribution >= 4 is 34.0 Å². The van der Waals surface area contributed by atoms with E-state index in [0.717, 1.165) is 5.56 Å². The van der Waals surface area contributed by atoms with Crippen LogP contribution in [-0.4, -0.2) is 5.88 Å². The Morgan fingerprint density at radius 1 is 1.00 bits per heavy atom. The minimum atomic E-state index is -0.0960. The summed E-state index contributed by atoms with van der Waals surface area (Å²) in [6.45, 7) is 0. The first-order valence-corrected chi connectivity index (χ1v) is 5.47. The molecule has 2 aromatic carbocycles. The second-order valence-electron chi connectivity index (χ2n) is 3.23. The Labute approximate surface area is 93.4 Å². The molecule has 0 N–H and O–H groups in total. The molecule has 0 aliphatic heterocycles. The van der Waals surface area contributed by atoms with Crippen molar-refractivity contribution in [2.45, 2.75) is 5.38 Å². The topological polar surface area (TPSA) is 0 Å². The maximum atomic E-state index is 6.06. The van der Waals surface area contributed by atoms with Gasteiger partial charge in [-0.15, -0.1) is 23.2 Å². The molecular weight excluding hydrogens is 215 g/mol. The van der Waals surface area contributed by atoms with Gasteiger partial charge in [-0.3, -0.25) is 0 Å². The molecule has 0 saturated heterocycles. The molecule has 2 aromatic rings. The number of benzene rings is 2. The Bertz CT molecular complexity index is 437. The number of rotatable bonds is 2. The first-order valence-electron chi connectivity index (χ1n) is 4.50. The van der Waals surface area contributed by atoms with E-state index < -0.39 is 0 Å². The van der Waals surface area contributed by atoms with Crippen LogP contribution in [0.4, 0.5) is 0 Å². The summed E-state index contributed by atoms with van der Waals surface area (Å²) in [5, 5.41) is 2.34. The van der Waals surface area contributed by atoms with E-state index in [-0.39, 0.29) is 5.38 Å². The lowest BCUT2D eigenvalue weighted by Gasteiger charge is -2.06. The van der Waals surface area contributed by atoms with Gasteiger partial charge in [0.2, 0.25) is 0 Å². The molecule has 1 atom stereocenters. The molecule has 0 aliphatic rings. The number of hydrogen-bond donors (Lipinski definition) is 0. The molecule has 2 heteroatoms. The van der Waals surface area contributed by atoms with Crippen molar-refractivity contribution in [1.29, 1.82) is 0 Å². The molecule has 0 fully saturated rings. The lowest BCUT2D eigenvalue weighted by molar-refractivity contribution is 1.10. The highest BCUT2D eigenvalue weighted by molar-refractivity contribution is 6.28. The van der Waals surface area contributed by atoms with Crippen LogP contribution in [0.3, 0.4) is 0 Å². The number of fused-ring (bicyclic) bond motifs is 1. The molecule has 0 saturated carbocycles. The van der Waals surface area contributed by atoms with Gasteiger partial charge < -0.3 is 0 Å².